The number of carbonyl (C=O) groups is 1. The van der Waals surface area contributed by atoms with E-state index in [0.717, 1.165) is 33.5 Å². The number of carbonyl (C=O) groups excluding carboxylic acids is 1. The lowest BCUT2D eigenvalue weighted by Crippen LogP contribution is -2.53. The van der Waals surface area contributed by atoms with Crippen molar-refractivity contribution in [3.63, 3.8) is 0 Å². The Morgan fingerprint density at radius 1 is 1.10 bits per heavy atom. The first kappa shape index (κ1) is 26.8. The van der Waals surface area contributed by atoms with Gasteiger partial charge in [0, 0.05) is 47.9 Å². The van der Waals surface area contributed by atoms with E-state index >= 15 is 0 Å². The molecule has 1 fully saturated rings. The fourth-order valence-corrected chi connectivity index (χ4v) is 5.76. The van der Waals surface area contributed by atoms with Crippen LogP contribution in [0.3, 0.4) is 0 Å². The molecule has 3 heterocycles. The van der Waals surface area contributed by atoms with Gasteiger partial charge in [0.25, 0.3) is 0 Å². The molecule has 0 radical (unpaired) electrons. The van der Waals surface area contributed by atoms with Gasteiger partial charge in [0.05, 0.1) is 16.2 Å². The van der Waals surface area contributed by atoms with Gasteiger partial charge in [0.1, 0.15) is 11.6 Å². The van der Waals surface area contributed by atoms with Crippen LogP contribution in [0.4, 0.5) is 10.2 Å². The minimum absolute atomic E-state index is 0.0107. The van der Waals surface area contributed by atoms with Crippen LogP contribution in [-0.4, -0.2) is 46.5 Å². The van der Waals surface area contributed by atoms with Crippen molar-refractivity contribution in [1.29, 1.82) is 0 Å². The fourth-order valence-electron chi connectivity index (χ4n) is 5.51. The highest BCUT2D eigenvalue weighted by Gasteiger charge is 2.30. The molecule has 0 saturated carbocycles. The van der Waals surface area contributed by atoms with Crippen LogP contribution < -0.4 is 4.90 Å². The van der Waals surface area contributed by atoms with Crippen molar-refractivity contribution in [2.75, 3.05) is 24.5 Å². The highest BCUT2D eigenvalue weighted by atomic mass is 35.5. The maximum absolute atomic E-state index is 14.9. The number of piperazine rings is 1. The van der Waals surface area contributed by atoms with Crippen LogP contribution >= 0.6 is 11.6 Å². The second-order valence-corrected chi connectivity index (χ2v) is 10.8. The molecule has 1 saturated heterocycles. The minimum Gasteiger partial charge on any atom is -0.350 e. The molecule has 5 rings (SSSR count). The van der Waals surface area contributed by atoms with Crippen molar-refractivity contribution in [2.45, 2.75) is 39.7 Å². The molecule has 39 heavy (non-hydrogen) atoms. The Morgan fingerprint density at radius 2 is 1.79 bits per heavy atom. The number of hydrogen-bond acceptors (Lipinski definition) is 4. The van der Waals surface area contributed by atoms with Crippen molar-refractivity contribution in [3.8, 4) is 22.4 Å². The van der Waals surface area contributed by atoms with E-state index < -0.39 is 0 Å². The zero-order valence-corrected chi connectivity index (χ0v) is 23.5. The molecule has 2 aromatic heterocycles. The van der Waals surface area contributed by atoms with Crippen molar-refractivity contribution in [1.82, 2.24) is 14.9 Å². The van der Waals surface area contributed by atoms with Crippen LogP contribution in [0, 0.1) is 12.7 Å². The Balaban J connectivity index is 1.78. The van der Waals surface area contributed by atoms with Gasteiger partial charge >= 0.3 is 0 Å². The molecule has 1 aliphatic rings. The van der Waals surface area contributed by atoms with Crippen molar-refractivity contribution < 1.29 is 9.18 Å². The summed E-state index contributed by atoms with van der Waals surface area (Å²) in [7, 11) is 0. The Labute approximate surface area is 234 Å². The van der Waals surface area contributed by atoms with E-state index in [1.165, 1.54) is 17.7 Å². The van der Waals surface area contributed by atoms with E-state index in [1.807, 2.05) is 25.1 Å². The highest BCUT2D eigenvalue weighted by molar-refractivity contribution is 6.34. The summed E-state index contributed by atoms with van der Waals surface area (Å²) in [5, 5.41) is 1.16. The van der Waals surface area contributed by atoms with Crippen LogP contribution in [0.1, 0.15) is 37.9 Å². The molecule has 1 amide bonds. The summed E-state index contributed by atoms with van der Waals surface area (Å²) in [5.74, 6) is 0.596. The number of hydrogen-bond donors (Lipinski definition) is 0. The molecule has 0 bridgehead atoms. The quantitative estimate of drug-likeness (QED) is 0.246. The molecule has 1 atom stereocenters. The lowest BCUT2D eigenvalue weighted by Gasteiger charge is -2.41. The van der Waals surface area contributed by atoms with E-state index in [0.29, 0.717) is 35.9 Å². The van der Waals surface area contributed by atoms with E-state index in [1.54, 1.807) is 23.1 Å². The van der Waals surface area contributed by atoms with Gasteiger partial charge in [-0.2, -0.15) is 0 Å². The summed E-state index contributed by atoms with van der Waals surface area (Å²) in [6, 6.07) is 16.7. The number of benzene rings is 2. The number of amides is 1. The number of rotatable bonds is 5. The first-order valence-electron chi connectivity index (χ1n) is 13.2. The molecule has 0 N–H and O–H groups in total. The number of pyridine rings is 2. The van der Waals surface area contributed by atoms with Gasteiger partial charge in [-0.25, -0.2) is 14.4 Å². The Hall–Kier alpha value is -3.77. The average Bonchev–Trinajstić information content (AvgIpc) is 2.92. The minimum atomic E-state index is -0.377. The largest absolute Gasteiger partial charge is 0.350 e. The molecule has 5 nitrogen and oxygen atoms in total. The molecule has 0 spiro atoms. The summed E-state index contributed by atoms with van der Waals surface area (Å²) in [6.45, 7) is 13.8. The number of anilines is 1. The lowest BCUT2D eigenvalue weighted by molar-refractivity contribution is -0.126. The first-order valence-corrected chi connectivity index (χ1v) is 13.6. The van der Waals surface area contributed by atoms with Crippen LogP contribution in [0.2, 0.25) is 5.02 Å². The number of nitrogens with zero attached hydrogens (tertiary/aromatic N) is 4. The van der Waals surface area contributed by atoms with Gasteiger partial charge in [-0.05, 0) is 55.2 Å². The second kappa shape index (κ2) is 10.8. The molecule has 2 aromatic carbocycles. The van der Waals surface area contributed by atoms with Crippen molar-refractivity contribution >= 4 is 34.2 Å². The number of fused-ring (bicyclic) bond motifs is 1. The third-order valence-corrected chi connectivity index (χ3v) is 7.74. The molecular formula is C32H32ClFN4O. The number of aryl methyl sites for hydroxylation is 1. The summed E-state index contributed by atoms with van der Waals surface area (Å²) in [4.78, 5) is 26.5. The van der Waals surface area contributed by atoms with Crippen LogP contribution in [0.25, 0.3) is 33.3 Å². The molecule has 4 aromatic rings. The van der Waals surface area contributed by atoms with Gasteiger partial charge in [-0.1, -0.05) is 68.4 Å². The Kier molecular flexibility index (Phi) is 7.41. The summed E-state index contributed by atoms with van der Waals surface area (Å²) in [6.07, 6.45) is 1.36. The summed E-state index contributed by atoms with van der Waals surface area (Å²) in [5.41, 5.74) is 5.47. The zero-order valence-electron chi connectivity index (χ0n) is 22.7. The van der Waals surface area contributed by atoms with E-state index in [4.69, 9.17) is 21.6 Å². The van der Waals surface area contributed by atoms with E-state index in [2.05, 4.69) is 44.4 Å². The zero-order chi connectivity index (χ0) is 27.8. The number of aromatic nitrogens is 2. The highest BCUT2D eigenvalue weighted by Crippen LogP contribution is 2.42. The first-order chi connectivity index (χ1) is 18.7. The lowest BCUT2D eigenvalue weighted by atomic mass is 9.90. The van der Waals surface area contributed by atoms with Crippen molar-refractivity contribution in [3.05, 3.63) is 89.3 Å². The van der Waals surface area contributed by atoms with Gasteiger partial charge in [0.15, 0.2) is 0 Å². The third-order valence-electron chi connectivity index (χ3n) is 7.46. The van der Waals surface area contributed by atoms with E-state index in [9.17, 15) is 9.18 Å². The standard InChI is InChI=1S/C32H32ClFN4O/c1-6-28(39)37-15-16-38(20(4)18-37)32-25-17-26(33)30(24-13-9-10-14-27(24)34)36-31(25)29(21(5)35-32)23-12-8-7-11-22(23)19(2)3/h6-14,17,19-20H,1,15-16,18H2,2-5H3/t20-/m0/s1. The molecular weight excluding hydrogens is 511 g/mol. The van der Waals surface area contributed by atoms with Crippen molar-refractivity contribution in [2.24, 2.45) is 0 Å². The topological polar surface area (TPSA) is 49.3 Å². The molecule has 1 aliphatic heterocycles. The maximum atomic E-state index is 14.9. The van der Waals surface area contributed by atoms with Gasteiger partial charge < -0.3 is 9.80 Å². The number of halogens is 2. The second-order valence-electron chi connectivity index (χ2n) is 10.4. The monoisotopic (exact) mass is 542 g/mol. The predicted molar refractivity (Wildman–Crippen MR) is 158 cm³/mol. The van der Waals surface area contributed by atoms with Crippen LogP contribution in [0.15, 0.2) is 67.3 Å². The molecule has 0 unspecified atom stereocenters. The fraction of sp³-hybridized carbons (Fsp3) is 0.281. The van der Waals surface area contributed by atoms with Crippen LogP contribution in [0.5, 0.6) is 0 Å². The summed E-state index contributed by atoms with van der Waals surface area (Å²) >= 11 is 6.82. The average molecular weight is 543 g/mol. The molecule has 200 valence electrons. The van der Waals surface area contributed by atoms with E-state index in [-0.39, 0.29) is 23.7 Å². The molecule has 7 heteroatoms. The molecule has 0 aliphatic carbocycles. The third kappa shape index (κ3) is 4.89. The maximum Gasteiger partial charge on any atom is 0.246 e. The van der Waals surface area contributed by atoms with Crippen LogP contribution in [-0.2, 0) is 4.79 Å². The SMILES string of the molecule is C=CC(=O)N1CCN(c2nc(C)c(-c3ccccc3C(C)C)c3nc(-c4ccccc4F)c(Cl)cc23)[C@@H](C)C1. The Bertz CT molecular complexity index is 1580. The Morgan fingerprint density at radius 3 is 2.46 bits per heavy atom. The van der Waals surface area contributed by atoms with Gasteiger partial charge in [0.2, 0.25) is 5.91 Å². The predicted octanol–water partition coefficient (Wildman–Crippen LogP) is 7.41. The summed E-state index contributed by atoms with van der Waals surface area (Å²) < 4.78 is 14.9. The normalized spacial score (nSPS) is 15.7. The van der Waals surface area contributed by atoms with Gasteiger partial charge in [-0.15, -0.1) is 0 Å². The smallest absolute Gasteiger partial charge is 0.246 e. The van der Waals surface area contributed by atoms with Gasteiger partial charge in [-0.3, -0.25) is 4.79 Å².